The van der Waals surface area contributed by atoms with Crippen molar-refractivity contribution in [1.82, 2.24) is 0 Å². The van der Waals surface area contributed by atoms with Gasteiger partial charge in [0.2, 0.25) is 0 Å². The monoisotopic (exact) mass is 139 g/mol. The van der Waals surface area contributed by atoms with Crippen molar-refractivity contribution in [3.63, 3.8) is 0 Å². The number of rotatable bonds is 3. The minimum Gasteiger partial charge on any atom is -0.127 e. The Labute approximate surface area is 54.8 Å². The maximum absolute atomic E-state index is 5.41. The number of halogens is 2. The predicted molar refractivity (Wildman–Crippen MR) is 34.9 cm³/mol. The first-order chi connectivity index (χ1) is 3.31. The van der Waals surface area contributed by atoms with Gasteiger partial charge in [-0.1, -0.05) is 0 Å². The fourth-order valence-electron chi connectivity index (χ4n) is 0.231. The van der Waals surface area contributed by atoms with E-state index in [0.717, 1.165) is 6.42 Å². The van der Waals surface area contributed by atoms with Crippen molar-refractivity contribution in [2.45, 2.75) is 6.42 Å². The van der Waals surface area contributed by atoms with Crippen molar-refractivity contribution in [3.8, 4) is 0 Å². The number of hydrogen-bond donors (Lipinski definition) is 0. The Balaban J connectivity index is 2.83. The molecule has 0 saturated carbocycles. The topological polar surface area (TPSA) is 0 Å². The van der Waals surface area contributed by atoms with Crippen LogP contribution in [0.1, 0.15) is 6.42 Å². The molecule has 1 radical (unpaired) electrons. The molecule has 0 aromatic heterocycles. The van der Waals surface area contributed by atoms with Crippen LogP contribution in [0.4, 0.5) is 0 Å². The van der Waals surface area contributed by atoms with E-state index in [0.29, 0.717) is 17.7 Å². The molecule has 0 nitrogen and oxygen atoms in total. The lowest BCUT2D eigenvalue weighted by Gasteiger charge is -1.99. The molecule has 2 heteroatoms. The van der Waals surface area contributed by atoms with Crippen LogP contribution in [-0.2, 0) is 0 Å². The Kier molecular flexibility index (Phi) is 5.12. The first-order valence-corrected chi connectivity index (χ1v) is 3.33. The number of alkyl halides is 2. The SMILES string of the molecule is [CH2]C(CCl)CCCl. The second-order valence-corrected chi connectivity index (χ2v) is 2.18. The highest BCUT2D eigenvalue weighted by molar-refractivity contribution is 6.18. The summed E-state index contributed by atoms with van der Waals surface area (Å²) in [6, 6.07) is 0. The van der Waals surface area contributed by atoms with Crippen LogP contribution in [-0.4, -0.2) is 11.8 Å². The number of hydrogen-bond acceptors (Lipinski definition) is 0. The van der Waals surface area contributed by atoms with E-state index in [1.165, 1.54) is 0 Å². The van der Waals surface area contributed by atoms with Crippen LogP contribution in [0.2, 0.25) is 0 Å². The van der Waals surface area contributed by atoms with E-state index in [-0.39, 0.29) is 0 Å². The minimum atomic E-state index is 0.333. The van der Waals surface area contributed by atoms with Gasteiger partial charge in [-0.05, 0) is 19.3 Å². The molecule has 0 spiro atoms. The zero-order valence-electron chi connectivity index (χ0n) is 4.16. The van der Waals surface area contributed by atoms with Crippen LogP contribution in [0, 0.1) is 12.8 Å². The standard InChI is InChI=1S/C5H9Cl2/c1-5(4-7)2-3-6/h5H,1-4H2. The summed E-state index contributed by atoms with van der Waals surface area (Å²) in [5.41, 5.74) is 0. The zero-order valence-corrected chi connectivity index (χ0v) is 5.67. The Morgan fingerprint density at radius 2 is 2.00 bits per heavy atom. The van der Waals surface area contributed by atoms with Crippen molar-refractivity contribution in [1.29, 1.82) is 0 Å². The van der Waals surface area contributed by atoms with Gasteiger partial charge in [-0.3, -0.25) is 0 Å². The summed E-state index contributed by atoms with van der Waals surface area (Å²) in [6.07, 6.45) is 0.922. The molecule has 0 aromatic carbocycles. The predicted octanol–water partition coefficient (Wildman–Crippen LogP) is 2.30. The summed E-state index contributed by atoms with van der Waals surface area (Å²) >= 11 is 10.8. The van der Waals surface area contributed by atoms with Crippen LogP contribution in [0.15, 0.2) is 0 Å². The molecule has 0 bridgehead atoms. The maximum atomic E-state index is 5.41. The molecule has 0 amide bonds. The van der Waals surface area contributed by atoms with Crippen LogP contribution in [0.25, 0.3) is 0 Å². The molecule has 0 aliphatic carbocycles. The second-order valence-electron chi connectivity index (χ2n) is 1.50. The fourth-order valence-corrected chi connectivity index (χ4v) is 0.694. The second kappa shape index (κ2) is 4.73. The van der Waals surface area contributed by atoms with Crippen molar-refractivity contribution in [3.05, 3.63) is 6.92 Å². The van der Waals surface area contributed by atoms with Gasteiger partial charge in [0.15, 0.2) is 0 Å². The van der Waals surface area contributed by atoms with Gasteiger partial charge in [0, 0.05) is 11.8 Å². The molecular weight excluding hydrogens is 131 g/mol. The van der Waals surface area contributed by atoms with Crippen LogP contribution < -0.4 is 0 Å². The Morgan fingerprint density at radius 1 is 1.43 bits per heavy atom. The quantitative estimate of drug-likeness (QED) is 0.527. The largest absolute Gasteiger partial charge is 0.127 e. The van der Waals surface area contributed by atoms with Gasteiger partial charge in [0.25, 0.3) is 0 Å². The van der Waals surface area contributed by atoms with Crippen molar-refractivity contribution in [2.75, 3.05) is 11.8 Å². The fraction of sp³-hybridized carbons (Fsp3) is 0.800. The first kappa shape index (κ1) is 7.58. The molecule has 43 valence electrons. The minimum absolute atomic E-state index is 0.333. The normalized spacial score (nSPS) is 14.1. The highest BCUT2D eigenvalue weighted by Crippen LogP contribution is 2.03. The van der Waals surface area contributed by atoms with Crippen LogP contribution in [0.3, 0.4) is 0 Å². The molecule has 7 heavy (non-hydrogen) atoms. The highest BCUT2D eigenvalue weighted by atomic mass is 35.5. The molecule has 0 rings (SSSR count). The first-order valence-electron chi connectivity index (χ1n) is 2.26. The summed E-state index contributed by atoms with van der Waals surface area (Å²) in [7, 11) is 0. The third-order valence-electron chi connectivity index (χ3n) is 0.736. The van der Waals surface area contributed by atoms with Crippen LogP contribution >= 0.6 is 23.2 Å². The van der Waals surface area contributed by atoms with E-state index in [1.54, 1.807) is 0 Å². The van der Waals surface area contributed by atoms with E-state index in [4.69, 9.17) is 23.2 Å². The van der Waals surface area contributed by atoms with Gasteiger partial charge in [0.1, 0.15) is 0 Å². The third kappa shape index (κ3) is 4.43. The molecule has 0 heterocycles. The molecular formula is C5H9Cl2. The van der Waals surface area contributed by atoms with Crippen molar-refractivity contribution < 1.29 is 0 Å². The van der Waals surface area contributed by atoms with E-state index < -0.39 is 0 Å². The zero-order chi connectivity index (χ0) is 5.70. The molecule has 0 aliphatic heterocycles. The molecule has 1 atom stereocenters. The van der Waals surface area contributed by atoms with Gasteiger partial charge in [-0.15, -0.1) is 23.2 Å². The summed E-state index contributed by atoms with van der Waals surface area (Å²) in [5.74, 6) is 1.62. The molecule has 0 fully saturated rings. The molecule has 0 aromatic rings. The smallest absolute Gasteiger partial charge is 0.0252 e. The van der Waals surface area contributed by atoms with Crippen molar-refractivity contribution >= 4 is 23.2 Å². The van der Waals surface area contributed by atoms with Gasteiger partial charge in [-0.2, -0.15) is 0 Å². The lowest BCUT2D eigenvalue weighted by molar-refractivity contribution is 0.706. The summed E-state index contributed by atoms with van der Waals surface area (Å²) < 4.78 is 0. The van der Waals surface area contributed by atoms with E-state index in [9.17, 15) is 0 Å². The molecule has 0 saturated heterocycles. The Hall–Kier alpha value is 0.580. The van der Waals surface area contributed by atoms with E-state index in [1.807, 2.05) is 0 Å². The molecule has 1 unspecified atom stereocenters. The van der Waals surface area contributed by atoms with E-state index >= 15 is 0 Å². The van der Waals surface area contributed by atoms with E-state index in [2.05, 4.69) is 6.92 Å². The highest BCUT2D eigenvalue weighted by Gasteiger charge is 1.95. The lowest BCUT2D eigenvalue weighted by Crippen LogP contribution is -1.95. The molecule has 0 aliphatic rings. The van der Waals surface area contributed by atoms with Gasteiger partial charge >= 0.3 is 0 Å². The lowest BCUT2D eigenvalue weighted by atomic mass is 10.2. The summed E-state index contributed by atoms with van der Waals surface area (Å²) in [4.78, 5) is 0. The summed E-state index contributed by atoms with van der Waals surface area (Å²) in [6.45, 7) is 3.73. The maximum Gasteiger partial charge on any atom is 0.0252 e. The average Bonchev–Trinajstić information content (AvgIpc) is 1.68. The van der Waals surface area contributed by atoms with Crippen LogP contribution in [0.5, 0.6) is 0 Å². The van der Waals surface area contributed by atoms with Gasteiger partial charge in [0.05, 0.1) is 0 Å². The van der Waals surface area contributed by atoms with Crippen molar-refractivity contribution in [2.24, 2.45) is 5.92 Å². The Bertz CT molecular complexity index is 37.1. The average molecular weight is 140 g/mol. The summed E-state index contributed by atoms with van der Waals surface area (Å²) in [5, 5.41) is 0. The molecule has 0 N–H and O–H groups in total. The van der Waals surface area contributed by atoms with Gasteiger partial charge < -0.3 is 0 Å². The Morgan fingerprint density at radius 3 is 2.14 bits per heavy atom. The third-order valence-corrected chi connectivity index (χ3v) is 1.39. The van der Waals surface area contributed by atoms with Gasteiger partial charge in [-0.25, -0.2) is 0 Å².